The summed E-state index contributed by atoms with van der Waals surface area (Å²) in [5.41, 5.74) is 14.9. The zero-order valence-electron chi connectivity index (χ0n) is 34.5. The Morgan fingerprint density at radius 2 is 0.788 bits per heavy atom. The Labute approximate surface area is 372 Å². The molecule has 0 atom stereocenters. The molecule has 0 unspecified atom stereocenters. The maximum Gasteiger partial charge on any atom is 0.220 e. The van der Waals surface area contributed by atoms with Crippen molar-refractivity contribution in [3.05, 3.63) is 205 Å². The summed E-state index contributed by atoms with van der Waals surface area (Å²) >= 11 is 0. The lowest BCUT2D eigenvalue weighted by atomic mass is 10.1. The van der Waals surface area contributed by atoms with E-state index in [4.69, 9.17) is 15.2 Å². The van der Waals surface area contributed by atoms with Gasteiger partial charge in [0.15, 0.2) is 0 Å². The molecule has 0 saturated carbocycles. The van der Waals surface area contributed by atoms with Crippen molar-refractivity contribution < 1.29 is 8.78 Å². The lowest BCUT2D eigenvalue weighted by molar-refractivity contribution is 0.582. The molecular formula is C53H31F2N11. The molecule has 0 aliphatic rings. The minimum absolute atomic E-state index is 0.00231. The van der Waals surface area contributed by atoms with Crippen LogP contribution in [0.4, 0.5) is 8.78 Å². The van der Waals surface area contributed by atoms with Crippen LogP contribution in [-0.2, 0) is 0 Å². The number of para-hydroxylation sites is 12. The van der Waals surface area contributed by atoms with Crippen LogP contribution < -0.4 is 0 Å². The topological polar surface area (TPSA) is 125 Å². The molecule has 0 aliphatic heterocycles. The predicted octanol–water partition coefficient (Wildman–Crippen LogP) is 11.9. The van der Waals surface area contributed by atoms with E-state index in [9.17, 15) is 14.0 Å². The lowest BCUT2D eigenvalue weighted by Gasteiger charge is -2.11. The van der Waals surface area contributed by atoms with Crippen LogP contribution in [-0.4, -0.2) is 42.3 Å². The van der Waals surface area contributed by atoms with Crippen LogP contribution in [0.1, 0.15) is 11.1 Å². The van der Waals surface area contributed by atoms with Crippen molar-refractivity contribution in [1.29, 1.82) is 10.5 Å². The van der Waals surface area contributed by atoms with Crippen molar-refractivity contribution in [2.75, 3.05) is 0 Å². The van der Waals surface area contributed by atoms with Gasteiger partial charge < -0.3 is 4.98 Å². The fourth-order valence-corrected chi connectivity index (χ4v) is 9.00. The first-order valence-corrected chi connectivity index (χ1v) is 20.9. The van der Waals surface area contributed by atoms with Crippen LogP contribution >= 0.6 is 0 Å². The van der Waals surface area contributed by atoms with Crippen molar-refractivity contribution >= 4 is 83.5 Å². The van der Waals surface area contributed by atoms with Gasteiger partial charge in [-0.15, -0.1) is 0 Å². The molecule has 8 aromatic carbocycles. The van der Waals surface area contributed by atoms with E-state index in [1.54, 1.807) is 6.07 Å². The number of benzene rings is 8. The third kappa shape index (κ3) is 6.03. The number of aromatic amines is 1. The Morgan fingerprint density at radius 1 is 0.394 bits per heavy atom. The van der Waals surface area contributed by atoms with Crippen LogP contribution in [0.3, 0.4) is 0 Å². The highest BCUT2D eigenvalue weighted by molar-refractivity contribution is 5.94. The second-order valence-corrected chi connectivity index (χ2v) is 15.6. The largest absolute Gasteiger partial charge is 0.323 e. The summed E-state index contributed by atoms with van der Waals surface area (Å²) < 4.78 is 35.3. The average molecular weight is 860 g/mol. The molecule has 66 heavy (non-hydrogen) atoms. The Bertz CT molecular complexity index is 4070. The predicted molar refractivity (Wildman–Crippen MR) is 253 cm³/mol. The zero-order chi connectivity index (χ0) is 44.5. The number of nitrogens with one attached hydrogen (secondary N) is 1. The van der Waals surface area contributed by atoms with E-state index in [1.807, 2.05) is 103 Å². The smallest absolute Gasteiger partial charge is 0.220 e. The summed E-state index contributed by atoms with van der Waals surface area (Å²) in [6, 6.07) is 62.0. The molecule has 0 bridgehead atoms. The highest BCUT2D eigenvalue weighted by Crippen LogP contribution is 2.34. The van der Waals surface area contributed by atoms with Gasteiger partial charge in [0.1, 0.15) is 11.6 Å². The zero-order valence-corrected chi connectivity index (χ0v) is 34.5. The molecular weight excluding hydrogens is 829 g/mol. The average Bonchev–Trinajstić information content (AvgIpc) is 4.19. The molecule has 0 saturated heterocycles. The fourth-order valence-electron chi connectivity index (χ4n) is 9.00. The molecule has 1 N–H and O–H groups in total. The molecule has 6 heterocycles. The van der Waals surface area contributed by atoms with Crippen molar-refractivity contribution in [3.63, 3.8) is 0 Å². The standard InChI is InChI=1S/C33H19N7.C13H9N3.C7H3F2N/c34-20-21-17-22(37-28-13-5-7-15-30(28)39-26-11-3-1-9-24(26)35-32(37)39)19-23(18-21)38-29-14-6-8-16-31(29)40-27-12-4-2-10-25(27)36-33(38)40;1-3-7-11-9(5-1)14-13-15-10-6-2-4-8-12(10)16(11)13;8-6-1-5(4-10)2-7(9)3-6/h1-19H;1-8H,(H,14,15);1-3H. The van der Waals surface area contributed by atoms with E-state index in [0.29, 0.717) is 5.56 Å². The number of hydrogen-bond donors (Lipinski definition) is 1. The van der Waals surface area contributed by atoms with Crippen LogP contribution in [0.2, 0.25) is 0 Å². The first-order chi connectivity index (χ1) is 32.4. The minimum Gasteiger partial charge on any atom is -0.323 e. The molecule has 312 valence electrons. The van der Waals surface area contributed by atoms with Crippen LogP contribution in [0.5, 0.6) is 0 Å². The van der Waals surface area contributed by atoms with E-state index in [-0.39, 0.29) is 5.56 Å². The van der Waals surface area contributed by atoms with Gasteiger partial charge in [0, 0.05) is 6.07 Å². The number of nitrogens with zero attached hydrogens (tertiary/aromatic N) is 10. The molecule has 14 rings (SSSR count). The number of nitriles is 2. The molecule has 14 aromatic rings. The van der Waals surface area contributed by atoms with E-state index in [2.05, 4.69) is 99.0 Å². The van der Waals surface area contributed by atoms with Gasteiger partial charge in [0.2, 0.25) is 17.3 Å². The number of fused-ring (bicyclic) bond motifs is 15. The Balaban J connectivity index is 0.000000142. The Morgan fingerprint density at radius 3 is 1.29 bits per heavy atom. The van der Waals surface area contributed by atoms with Crippen molar-refractivity contribution in [1.82, 2.24) is 42.3 Å². The van der Waals surface area contributed by atoms with Gasteiger partial charge in [0.25, 0.3) is 0 Å². The molecule has 13 heteroatoms. The monoisotopic (exact) mass is 859 g/mol. The van der Waals surface area contributed by atoms with Gasteiger partial charge in [-0.1, -0.05) is 72.8 Å². The Kier molecular flexibility index (Phi) is 8.69. The van der Waals surface area contributed by atoms with E-state index < -0.39 is 11.6 Å². The highest BCUT2D eigenvalue weighted by Gasteiger charge is 2.21. The summed E-state index contributed by atoms with van der Waals surface area (Å²) in [6.45, 7) is 0. The highest BCUT2D eigenvalue weighted by atomic mass is 19.1. The Hall–Kier alpha value is -9.59. The van der Waals surface area contributed by atoms with Crippen LogP contribution in [0.15, 0.2) is 182 Å². The number of hydrogen-bond acceptors (Lipinski definition) is 5. The van der Waals surface area contributed by atoms with E-state index in [0.717, 1.165) is 108 Å². The third-order valence-corrected chi connectivity index (χ3v) is 11.7. The third-order valence-electron chi connectivity index (χ3n) is 11.7. The second kappa shape index (κ2) is 15.0. The number of rotatable bonds is 2. The number of imidazole rings is 6. The van der Waals surface area contributed by atoms with Gasteiger partial charge in [0.05, 0.1) is 101 Å². The molecule has 0 aliphatic carbocycles. The minimum atomic E-state index is -0.725. The van der Waals surface area contributed by atoms with Gasteiger partial charge in [-0.25, -0.2) is 23.7 Å². The van der Waals surface area contributed by atoms with Crippen molar-refractivity contribution in [2.24, 2.45) is 0 Å². The normalized spacial score (nSPS) is 11.5. The quantitative estimate of drug-likeness (QED) is 0.185. The van der Waals surface area contributed by atoms with Gasteiger partial charge in [-0.3, -0.25) is 22.3 Å². The van der Waals surface area contributed by atoms with Crippen molar-refractivity contribution in [2.45, 2.75) is 0 Å². The van der Waals surface area contributed by atoms with E-state index >= 15 is 0 Å². The molecule has 6 aromatic heterocycles. The fraction of sp³-hybridized carbons (Fsp3) is 0. The molecule has 0 spiro atoms. The van der Waals surface area contributed by atoms with Crippen molar-refractivity contribution in [3.8, 4) is 23.5 Å². The van der Waals surface area contributed by atoms with E-state index in [1.165, 1.54) is 5.52 Å². The summed E-state index contributed by atoms with van der Waals surface area (Å²) in [5, 5.41) is 18.4. The maximum absolute atomic E-state index is 12.2. The second-order valence-electron chi connectivity index (χ2n) is 15.6. The summed E-state index contributed by atoms with van der Waals surface area (Å²) in [5.74, 6) is 1.06. The van der Waals surface area contributed by atoms with Gasteiger partial charge >= 0.3 is 0 Å². The lowest BCUT2D eigenvalue weighted by Crippen LogP contribution is -2.01. The van der Waals surface area contributed by atoms with Gasteiger partial charge in [-0.2, -0.15) is 10.5 Å². The first kappa shape index (κ1) is 38.1. The van der Waals surface area contributed by atoms with Crippen LogP contribution in [0.25, 0.3) is 94.9 Å². The molecule has 0 fully saturated rings. The summed E-state index contributed by atoms with van der Waals surface area (Å²) in [6.07, 6.45) is 0. The number of H-pyrrole nitrogens is 1. The number of halogens is 2. The SMILES string of the molecule is N#Cc1cc(-n2c3ccccc3n3c4ccccc4nc23)cc(-n2c3ccccc3n3c4ccccc4nc23)c1.N#Cc1cc(F)cc(F)c1.c1ccc2c(c1)nc1[nH]c3ccccc3n12. The van der Waals surface area contributed by atoms with Gasteiger partial charge in [-0.05, 0) is 103 Å². The number of aromatic nitrogens is 9. The summed E-state index contributed by atoms with van der Waals surface area (Å²) in [4.78, 5) is 17.9. The molecule has 11 nitrogen and oxygen atoms in total. The maximum atomic E-state index is 12.2. The summed E-state index contributed by atoms with van der Waals surface area (Å²) in [7, 11) is 0. The molecule has 0 radical (unpaired) electrons. The van der Waals surface area contributed by atoms with Crippen LogP contribution in [0, 0.1) is 34.3 Å². The molecule has 0 amide bonds. The first-order valence-electron chi connectivity index (χ1n) is 20.9.